The van der Waals surface area contributed by atoms with E-state index >= 15 is 0 Å². The van der Waals surface area contributed by atoms with E-state index in [-0.39, 0.29) is 11.4 Å². The predicted octanol–water partition coefficient (Wildman–Crippen LogP) is 2.19. The van der Waals surface area contributed by atoms with Crippen LogP contribution in [-0.2, 0) is 9.84 Å². The molecule has 1 aliphatic heterocycles. The lowest BCUT2D eigenvalue weighted by molar-refractivity contribution is 0.199. The summed E-state index contributed by atoms with van der Waals surface area (Å²) in [5, 5.41) is 9.12. The van der Waals surface area contributed by atoms with Crippen molar-refractivity contribution in [1.29, 1.82) is 0 Å². The standard InChI is InChI=1S/C14H20FNO3S2/c1-3-21(18,19)13-9-20-8-7-16(13)14-11(10(2)17)5-4-6-12(14)15/h4-6,10,13,17H,3,7-9H2,1-2H3/t10-,13?/m0/s1. The summed E-state index contributed by atoms with van der Waals surface area (Å²) in [4.78, 5) is 1.60. The van der Waals surface area contributed by atoms with Gasteiger partial charge in [0.25, 0.3) is 0 Å². The Balaban J connectivity index is 2.53. The number of benzene rings is 1. The van der Waals surface area contributed by atoms with E-state index in [0.29, 0.717) is 17.9 Å². The zero-order chi connectivity index (χ0) is 15.6. The smallest absolute Gasteiger partial charge is 0.171 e. The van der Waals surface area contributed by atoms with Gasteiger partial charge in [-0.25, -0.2) is 12.8 Å². The molecule has 1 heterocycles. The molecule has 118 valence electrons. The molecule has 0 bridgehead atoms. The number of aliphatic hydroxyl groups is 1. The summed E-state index contributed by atoms with van der Waals surface area (Å²) >= 11 is 1.56. The maximum Gasteiger partial charge on any atom is 0.171 e. The van der Waals surface area contributed by atoms with E-state index < -0.39 is 27.1 Å². The van der Waals surface area contributed by atoms with Gasteiger partial charge in [0.1, 0.15) is 11.2 Å². The first-order valence-corrected chi connectivity index (χ1v) is 9.78. The summed E-state index contributed by atoms with van der Waals surface area (Å²) in [6.45, 7) is 3.61. The Morgan fingerprint density at radius 3 is 2.86 bits per heavy atom. The van der Waals surface area contributed by atoms with E-state index in [4.69, 9.17) is 0 Å². The molecule has 1 aromatic rings. The number of sulfone groups is 1. The summed E-state index contributed by atoms with van der Waals surface area (Å²) in [5.74, 6) is 0.692. The molecule has 0 spiro atoms. The Labute approximate surface area is 129 Å². The molecule has 1 fully saturated rings. The van der Waals surface area contributed by atoms with Crippen LogP contribution in [0.25, 0.3) is 0 Å². The minimum absolute atomic E-state index is 0.0210. The molecule has 21 heavy (non-hydrogen) atoms. The lowest BCUT2D eigenvalue weighted by atomic mass is 10.1. The first-order valence-electron chi connectivity index (χ1n) is 6.91. The van der Waals surface area contributed by atoms with E-state index in [1.807, 2.05) is 0 Å². The van der Waals surface area contributed by atoms with E-state index in [1.165, 1.54) is 12.1 Å². The van der Waals surface area contributed by atoms with Crippen LogP contribution in [0.2, 0.25) is 0 Å². The number of nitrogens with zero attached hydrogens (tertiary/aromatic N) is 1. The Morgan fingerprint density at radius 1 is 1.52 bits per heavy atom. The summed E-state index contributed by atoms with van der Waals surface area (Å²) in [6.07, 6.45) is -0.852. The zero-order valence-electron chi connectivity index (χ0n) is 12.1. The van der Waals surface area contributed by atoms with Gasteiger partial charge in [0.05, 0.1) is 11.8 Å². The van der Waals surface area contributed by atoms with Gasteiger partial charge in [-0.05, 0) is 13.0 Å². The molecule has 0 aliphatic carbocycles. The van der Waals surface area contributed by atoms with Crippen molar-refractivity contribution in [3.8, 4) is 0 Å². The average Bonchev–Trinajstić information content (AvgIpc) is 2.47. The third-order valence-corrected chi connectivity index (χ3v) is 6.95. The van der Waals surface area contributed by atoms with Crippen LogP contribution in [0.3, 0.4) is 0 Å². The highest BCUT2D eigenvalue weighted by atomic mass is 32.2. The van der Waals surface area contributed by atoms with Gasteiger partial charge in [0, 0.05) is 29.4 Å². The minimum atomic E-state index is -3.32. The van der Waals surface area contributed by atoms with E-state index in [1.54, 1.807) is 36.6 Å². The van der Waals surface area contributed by atoms with E-state index in [2.05, 4.69) is 0 Å². The Kier molecular flexibility index (Phi) is 5.16. The van der Waals surface area contributed by atoms with Crippen molar-refractivity contribution >= 4 is 27.3 Å². The molecular weight excluding hydrogens is 313 g/mol. The lowest BCUT2D eigenvalue weighted by Gasteiger charge is -2.38. The van der Waals surface area contributed by atoms with Crippen molar-refractivity contribution in [3.63, 3.8) is 0 Å². The van der Waals surface area contributed by atoms with Gasteiger partial charge < -0.3 is 10.0 Å². The van der Waals surface area contributed by atoms with Gasteiger partial charge in [-0.15, -0.1) is 0 Å². The molecule has 1 aromatic carbocycles. The Morgan fingerprint density at radius 2 is 2.24 bits per heavy atom. The fourth-order valence-electron chi connectivity index (χ4n) is 2.50. The number of para-hydroxylation sites is 1. The number of rotatable bonds is 4. The highest BCUT2D eigenvalue weighted by molar-refractivity contribution is 8.01. The molecule has 0 amide bonds. The van der Waals surface area contributed by atoms with Crippen LogP contribution in [0.1, 0.15) is 25.5 Å². The zero-order valence-corrected chi connectivity index (χ0v) is 13.8. The maximum atomic E-state index is 14.3. The number of thioether (sulfide) groups is 1. The quantitative estimate of drug-likeness (QED) is 0.915. The number of aliphatic hydroxyl groups excluding tert-OH is 1. The van der Waals surface area contributed by atoms with Gasteiger partial charge >= 0.3 is 0 Å². The fraction of sp³-hybridized carbons (Fsp3) is 0.571. The van der Waals surface area contributed by atoms with Crippen LogP contribution in [-0.4, -0.2) is 42.7 Å². The number of anilines is 1. The van der Waals surface area contributed by atoms with Gasteiger partial charge in [-0.1, -0.05) is 19.1 Å². The molecule has 4 nitrogen and oxygen atoms in total. The second-order valence-corrected chi connectivity index (χ2v) is 8.63. The summed E-state index contributed by atoms with van der Waals surface area (Å²) in [7, 11) is -3.32. The Bertz CT molecular complexity index is 604. The van der Waals surface area contributed by atoms with Gasteiger partial charge in [0.2, 0.25) is 0 Å². The van der Waals surface area contributed by atoms with Crippen LogP contribution in [0.5, 0.6) is 0 Å². The van der Waals surface area contributed by atoms with Crippen molar-refractivity contribution in [3.05, 3.63) is 29.6 Å². The SMILES string of the molecule is CCS(=O)(=O)C1CSCCN1c1c(F)cccc1[C@H](C)O. The third-order valence-electron chi connectivity index (χ3n) is 3.66. The summed E-state index contributed by atoms with van der Waals surface area (Å²) < 4.78 is 38.9. The highest BCUT2D eigenvalue weighted by Crippen LogP contribution is 2.34. The summed E-state index contributed by atoms with van der Waals surface area (Å²) in [6, 6.07) is 4.47. The second kappa shape index (κ2) is 6.54. The third kappa shape index (κ3) is 3.35. The molecule has 2 atom stereocenters. The van der Waals surface area contributed by atoms with E-state index in [0.717, 1.165) is 5.75 Å². The normalized spacial score (nSPS) is 21.3. The number of hydrogen-bond acceptors (Lipinski definition) is 5. The topological polar surface area (TPSA) is 57.6 Å². The molecule has 1 unspecified atom stereocenters. The van der Waals surface area contributed by atoms with Crippen molar-refractivity contribution in [2.24, 2.45) is 0 Å². The van der Waals surface area contributed by atoms with E-state index in [9.17, 15) is 17.9 Å². The molecule has 0 saturated carbocycles. The van der Waals surface area contributed by atoms with Crippen molar-refractivity contribution < 1.29 is 17.9 Å². The molecule has 1 aliphatic rings. The molecule has 2 rings (SSSR count). The first kappa shape index (κ1) is 16.6. The predicted molar refractivity (Wildman–Crippen MR) is 85.0 cm³/mol. The van der Waals surface area contributed by atoms with Gasteiger partial charge in [-0.2, -0.15) is 11.8 Å². The molecule has 0 aromatic heterocycles. The van der Waals surface area contributed by atoms with Gasteiger partial charge in [0.15, 0.2) is 9.84 Å². The highest BCUT2D eigenvalue weighted by Gasteiger charge is 2.35. The Hall–Kier alpha value is -0.790. The largest absolute Gasteiger partial charge is 0.389 e. The molecule has 7 heteroatoms. The summed E-state index contributed by atoms with van der Waals surface area (Å²) in [5.41, 5.74) is 0.646. The van der Waals surface area contributed by atoms with Crippen molar-refractivity contribution in [1.82, 2.24) is 0 Å². The number of halogens is 1. The minimum Gasteiger partial charge on any atom is -0.389 e. The first-order chi connectivity index (χ1) is 9.88. The maximum absolute atomic E-state index is 14.3. The van der Waals surface area contributed by atoms with Crippen molar-refractivity contribution in [2.75, 3.05) is 28.7 Å². The lowest BCUT2D eigenvalue weighted by Crippen LogP contribution is -2.48. The molecule has 1 N–H and O–H groups in total. The van der Waals surface area contributed by atoms with Crippen LogP contribution < -0.4 is 4.90 Å². The van der Waals surface area contributed by atoms with Gasteiger partial charge in [-0.3, -0.25) is 0 Å². The molecular formula is C14H20FNO3S2. The average molecular weight is 333 g/mol. The van der Waals surface area contributed by atoms with Crippen LogP contribution >= 0.6 is 11.8 Å². The molecule has 0 radical (unpaired) electrons. The van der Waals surface area contributed by atoms with Crippen LogP contribution in [0.4, 0.5) is 10.1 Å². The van der Waals surface area contributed by atoms with Crippen LogP contribution in [0.15, 0.2) is 18.2 Å². The van der Waals surface area contributed by atoms with Crippen LogP contribution in [0, 0.1) is 5.82 Å². The number of hydrogen-bond donors (Lipinski definition) is 1. The fourth-order valence-corrected chi connectivity index (χ4v) is 5.47. The monoisotopic (exact) mass is 333 g/mol. The molecule has 1 saturated heterocycles. The van der Waals surface area contributed by atoms with Crippen molar-refractivity contribution in [2.45, 2.75) is 25.3 Å². The second-order valence-electron chi connectivity index (χ2n) is 5.03.